The van der Waals surface area contributed by atoms with Crippen molar-refractivity contribution in [1.29, 1.82) is 0 Å². The first-order chi connectivity index (χ1) is 19.3. The minimum absolute atomic E-state index is 0.0143. The quantitative estimate of drug-likeness (QED) is 0.207. The number of ether oxygens (including phenoxy) is 1. The number of amides is 2. The van der Waals surface area contributed by atoms with Crippen LogP contribution in [-0.4, -0.2) is 83.2 Å². The monoisotopic (exact) mass is 569 g/mol. The number of aliphatic hydroxyl groups excluding tert-OH is 1. The lowest BCUT2D eigenvalue weighted by molar-refractivity contribution is -0.153. The number of fused-ring (bicyclic) bond motifs is 1. The molecule has 2 bridgehead atoms. The van der Waals surface area contributed by atoms with Crippen LogP contribution < -0.4 is 9.80 Å². The SMILES string of the molecule is C=CCOC(=O)[C@@H]1[C@@H]2CC(C)C3(S2)C(C(=O)N(CC=C)c2ccc(N(CC)CC)cc2)N(CCCCO)C(=O)[C@H]13. The highest BCUT2D eigenvalue weighted by atomic mass is 32.2. The van der Waals surface area contributed by atoms with Gasteiger partial charge in [-0.2, -0.15) is 0 Å². The lowest BCUT2D eigenvalue weighted by Crippen LogP contribution is -2.57. The van der Waals surface area contributed by atoms with E-state index in [9.17, 15) is 19.5 Å². The topological polar surface area (TPSA) is 90.4 Å². The molecule has 0 aromatic heterocycles. The Morgan fingerprint density at radius 2 is 1.82 bits per heavy atom. The van der Waals surface area contributed by atoms with E-state index in [1.807, 2.05) is 24.3 Å². The van der Waals surface area contributed by atoms with Crippen LogP contribution in [0.5, 0.6) is 0 Å². The molecule has 3 aliphatic rings. The van der Waals surface area contributed by atoms with E-state index in [0.29, 0.717) is 25.9 Å². The van der Waals surface area contributed by atoms with Gasteiger partial charge in [-0.3, -0.25) is 14.4 Å². The second kappa shape index (κ2) is 12.8. The van der Waals surface area contributed by atoms with Crippen LogP contribution in [0.25, 0.3) is 0 Å². The molecule has 4 rings (SSSR count). The predicted octanol–water partition coefficient (Wildman–Crippen LogP) is 3.89. The Morgan fingerprint density at radius 1 is 1.15 bits per heavy atom. The molecule has 0 radical (unpaired) electrons. The van der Waals surface area contributed by atoms with E-state index in [2.05, 4.69) is 38.8 Å². The fraction of sp³-hybridized carbons (Fsp3) is 0.581. The number of carbonyl (C=O) groups excluding carboxylic acids is 3. The van der Waals surface area contributed by atoms with Gasteiger partial charge in [0.1, 0.15) is 12.6 Å². The Kier molecular flexibility index (Phi) is 9.67. The van der Waals surface area contributed by atoms with Gasteiger partial charge < -0.3 is 24.5 Å². The summed E-state index contributed by atoms with van der Waals surface area (Å²) in [7, 11) is 0. The van der Waals surface area contributed by atoms with E-state index >= 15 is 0 Å². The first-order valence-electron chi connectivity index (χ1n) is 14.4. The van der Waals surface area contributed by atoms with Crippen LogP contribution in [0.4, 0.5) is 11.4 Å². The zero-order valence-corrected chi connectivity index (χ0v) is 24.8. The molecule has 1 aromatic carbocycles. The van der Waals surface area contributed by atoms with E-state index in [0.717, 1.165) is 30.9 Å². The summed E-state index contributed by atoms with van der Waals surface area (Å²) in [5, 5.41) is 9.35. The van der Waals surface area contributed by atoms with E-state index in [1.54, 1.807) is 27.6 Å². The number of nitrogens with zero attached hydrogens (tertiary/aromatic N) is 3. The lowest BCUT2D eigenvalue weighted by Gasteiger charge is -2.40. The van der Waals surface area contributed by atoms with Gasteiger partial charge >= 0.3 is 5.97 Å². The molecule has 3 heterocycles. The van der Waals surface area contributed by atoms with Crippen molar-refractivity contribution < 1.29 is 24.2 Å². The van der Waals surface area contributed by atoms with Crippen molar-refractivity contribution in [3.05, 3.63) is 49.6 Å². The molecule has 2 amide bonds. The summed E-state index contributed by atoms with van der Waals surface area (Å²) in [5.74, 6) is -1.85. The first kappa shape index (κ1) is 30.2. The molecular weight excluding hydrogens is 526 g/mol. The van der Waals surface area contributed by atoms with Crippen molar-refractivity contribution in [1.82, 2.24) is 4.90 Å². The molecule has 3 fully saturated rings. The standard InChI is InChI=1S/C31H43N3O5S/c1-6-16-33(23-14-12-22(13-15-23)32(8-3)9-4)29(37)27-31-21(5)20-24(40-31)25(30(38)39-19-7-2)26(31)28(36)34(27)17-10-11-18-35/h6-7,12-15,21,24-27,35H,1-2,8-11,16-20H2,3-5H3/t21?,24-,25+,26-,27?,31?/m0/s1. The van der Waals surface area contributed by atoms with Crippen LogP contribution in [0, 0.1) is 17.8 Å². The molecule has 1 aromatic rings. The number of hydrogen-bond acceptors (Lipinski definition) is 7. The number of carbonyl (C=O) groups is 3. The van der Waals surface area contributed by atoms with Gasteiger partial charge in [-0.05, 0) is 63.3 Å². The summed E-state index contributed by atoms with van der Waals surface area (Å²) in [6, 6.07) is 7.23. The molecule has 3 unspecified atom stereocenters. The number of thioether (sulfide) groups is 1. The summed E-state index contributed by atoms with van der Waals surface area (Å²) in [6.45, 7) is 16.4. The number of unbranched alkanes of at least 4 members (excludes halogenated alkanes) is 1. The highest BCUT2D eigenvalue weighted by molar-refractivity contribution is 8.02. The normalized spacial score (nSPS) is 28.4. The third-order valence-corrected chi connectivity index (χ3v) is 10.8. The largest absolute Gasteiger partial charge is 0.461 e. The van der Waals surface area contributed by atoms with Crippen LogP contribution >= 0.6 is 11.8 Å². The van der Waals surface area contributed by atoms with Crippen LogP contribution in [0.2, 0.25) is 0 Å². The van der Waals surface area contributed by atoms with Gasteiger partial charge in [-0.1, -0.05) is 25.7 Å². The molecule has 1 N–H and O–H groups in total. The fourth-order valence-electron chi connectivity index (χ4n) is 6.97. The van der Waals surface area contributed by atoms with Crippen LogP contribution in [0.3, 0.4) is 0 Å². The number of benzene rings is 1. The van der Waals surface area contributed by atoms with Crippen molar-refractivity contribution in [2.45, 2.75) is 56.1 Å². The average Bonchev–Trinajstić information content (AvgIpc) is 3.55. The van der Waals surface area contributed by atoms with Crippen molar-refractivity contribution >= 4 is 40.9 Å². The molecule has 3 saturated heterocycles. The number of hydrogen-bond donors (Lipinski definition) is 1. The zero-order valence-electron chi connectivity index (χ0n) is 24.0. The molecule has 0 saturated carbocycles. The Bertz CT molecular complexity index is 1110. The molecule has 6 atom stereocenters. The second-order valence-electron chi connectivity index (χ2n) is 10.9. The van der Waals surface area contributed by atoms with Crippen molar-refractivity contribution in [3.63, 3.8) is 0 Å². The Hall–Kier alpha value is -2.78. The maximum absolute atomic E-state index is 14.7. The number of likely N-dealkylation sites (tertiary alicyclic amines) is 1. The fourth-order valence-corrected chi connectivity index (χ4v) is 9.37. The summed E-state index contributed by atoms with van der Waals surface area (Å²) < 4.78 is 4.74. The predicted molar refractivity (Wildman–Crippen MR) is 160 cm³/mol. The molecule has 8 nitrogen and oxygen atoms in total. The van der Waals surface area contributed by atoms with Crippen molar-refractivity contribution in [3.8, 4) is 0 Å². The van der Waals surface area contributed by atoms with Gasteiger partial charge in [-0.25, -0.2) is 0 Å². The third kappa shape index (κ3) is 5.07. The Balaban J connectivity index is 1.74. The number of esters is 1. The summed E-state index contributed by atoms with van der Waals surface area (Å²) >= 11 is 1.64. The maximum atomic E-state index is 14.7. The molecular formula is C31H43N3O5S. The van der Waals surface area contributed by atoms with E-state index in [-0.39, 0.29) is 42.2 Å². The Labute approximate surface area is 242 Å². The van der Waals surface area contributed by atoms with Gasteiger partial charge in [0.05, 0.1) is 16.6 Å². The average molecular weight is 570 g/mol. The van der Waals surface area contributed by atoms with Gasteiger partial charge in [0, 0.05) is 49.4 Å². The molecule has 40 heavy (non-hydrogen) atoms. The number of rotatable bonds is 14. The number of anilines is 2. The molecule has 218 valence electrons. The third-order valence-electron chi connectivity index (χ3n) is 8.77. The molecule has 1 spiro atoms. The van der Waals surface area contributed by atoms with Crippen molar-refractivity contribution in [2.24, 2.45) is 17.8 Å². The summed E-state index contributed by atoms with van der Waals surface area (Å²) in [4.78, 5) is 47.7. The smallest absolute Gasteiger partial charge is 0.311 e. The first-order valence-corrected chi connectivity index (χ1v) is 15.3. The zero-order chi connectivity index (χ0) is 29.0. The highest BCUT2D eigenvalue weighted by Crippen LogP contribution is 2.68. The second-order valence-corrected chi connectivity index (χ2v) is 12.4. The van der Waals surface area contributed by atoms with E-state index < -0.39 is 22.6 Å². The molecule has 9 heteroatoms. The van der Waals surface area contributed by atoms with Crippen LogP contribution in [0.15, 0.2) is 49.6 Å². The molecule has 3 aliphatic heterocycles. The van der Waals surface area contributed by atoms with E-state index in [1.165, 1.54) is 6.08 Å². The summed E-state index contributed by atoms with van der Waals surface area (Å²) in [5.41, 5.74) is 1.83. The minimum atomic E-state index is -0.728. The number of aliphatic hydroxyl groups is 1. The van der Waals surface area contributed by atoms with Gasteiger partial charge in [0.25, 0.3) is 5.91 Å². The highest BCUT2D eigenvalue weighted by Gasteiger charge is 2.76. The Morgan fingerprint density at radius 3 is 2.42 bits per heavy atom. The van der Waals surface area contributed by atoms with Crippen LogP contribution in [0.1, 0.15) is 40.0 Å². The van der Waals surface area contributed by atoms with Gasteiger partial charge in [0.2, 0.25) is 5.91 Å². The van der Waals surface area contributed by atoms with Crippen LogP contribution in [-0.2, 0) is 19.1 Å². The maximum Gasteiger partial charge on any atom is 0.311 e. The minimum Gasteiger partial charge on any atom is -0.461 e. The van der Waals surface area contributed by atoms with Gasteiger partial charge in [-0.15, -0.1) is 18.3 Å². The van der Waals surface area contributed by atoms with Gasteiger partial charge in [0.15, 0.2) is 0 Å². The molecule has 0 aliphatic carbocycles. The lowest BCUT2D eigenvalue weighted by atomic mass is 9.66. The van der Waals surface area contributed by atoms with Crippen molar-refractivity contribution in [2.75, 3.05) is 49.2 Å². The summed E-state index contributed by atoms with van der Waals surface area (Å²) in [6.07, 6.45) is 5.08. The van der Waals surface area contributed by atoms with E-state index in [4.69, 9.17) is 4.74 Å².